The highest BCUT2D eigenvalue weighted by Crippen LogP contribution is 2.30. The molecular weight excluding hydrogens is 206 g/mol. The minimum absolute atomic E-state index is 0.140. The largest absolute Gasteiger partial charge is 0.465 e. The van der Waals surface area contributed by atoms with Gasteiger partial charge in [0.2, 0.25) is 0 Å². The minimum Gasteiger partial charge on any atom is -0.465 e. The lowest BCUT2D eigenvalue weighted by molar-refractivity contribution is -0.161. The van der Waals surface area contributed by atoms with E-state index in [1.54, 1.807) is 0 Å². The molecule has 4 nitrogen and oxygen atoms in total. The highest BCUT2D eigenvalue weighted by molar-refractivity contribution is 5.77. The summed E-state index contributed by atoms with van der Waals surface area (Å²) in [5.74, 6) is 0.412. The van der Waals surface area contributed by atoms with E-state index < -0.39 is 5.41 Å². The van der Waals surface area contributed by atoms with Crippen molar-refractivity contribution in [3.8, 4) is 0 Å². The molecule has 0 bridgehead atoms. The molecule has 0 aromatic carbocycles. The third kappa shape index (κ3) is 3.46. The van der Waals surface area contributed by atoms with Crippen molar-refractivity contribution in [2.75, 3.05) is 26.4 Å². The third-order valence-electron chi connectivity index (χ3n) is 3.20. The molecular formula is C12H23NO3. The number of hydrogen-bond donors (Lipinski definition) is 1. The topological polar surface area (TPSA) is 61.5 Å². The van der Waals surface area contributed by atoms with E-state index in [9.17, 15) is 4.79 Å². The van der Waals surface area contributed by atoms with Crippen LogP contribution < -0.4 is 5.73 Å². The summed E-state index contributed by atoms with van der Waals surface area (Å²) in [5.41, 5.74) is 5.22. The molecule has 2 N–H and O–H groups in total. The van der Waals surface area contributed by atoms with Gasteiger partial charge in [-0.3, -0.25) is 4.79 Å². The molecule has 4 heteroatoms. The molecule has 1 heterocycles. The van der Waals surface area contributed by atoms with Crippen LogP contribution in [0.25, 0.3) is 0 Å². The highest BCUT2D eigenvalue weighted by Gasteiger charge is 2.40. The first kappa shape index (κ1) is 13.5. The summed E-state index contributed by atoms with van der Waals surface area (Å²) in [6.07, 6.45) is 2.27. The summed E-state index contributed by atoms with van der Waals surface area (Å²) < 4.78 is 10.6. The molecule has 1 rings (SSSR count). The van der Waals surface area contributed by atoms with Gasteiger partial charge in [0, 0.05) is 19.8 Å². The highest BCUT2D eigenvalue weighted by atomic mass is 16.5. The molecule has 94 valence electrons. The standard InChI is InChI=1S/C12H23NO3/c1-10(2)3-6-16-11(14)12(9-13)4-7-15-8-5-12/h10H,3-9,13H2,1-2H3. The van der Waals surface area contributed by atoms with Crippen LogP contribution in [0.15, 0.2) is 0 Å². The van der Waals surface area contributed by atoms with Crippen molar-refractivity contribution in [2.45, 2.75) is 33.1 Å². The van der Waals surface area contributed by atoms with Crippen LogP contribution in [0, 0.1) is 11.3 Å². The number of carbonyl (C=O) groups excluding carboxylic acids is 1. The van der Waals surface area contributed by atoms with Crippen LogP contribution in [0.4, 0.5) is 0 Å². The van der Waals surface area contributed by atoms with Gasteiger partial charge < -0.3 is 15.2 Å². The van der Waals surface area contributed by atoms with Gasteiger partial charge in [-0.05, 0) is 25.2 Å². The first-order valence-electron chi connectivity index (χ1n) is 6.06. The summed E-state index contributed by atoms with van der Waals surface area (Å²) in [5, 5.41) is 0. The van der Waals surface area contributed by atoms with Crippen molar-refractivity contribution in [3.05, 3.63) is 0 Å². The fourth-order valence-corrected chi connectivity index (χ4v) is 1.79. The molecule has 0 unspecified atom stereocenters. The Labute approximate surface area is 97.5 Å². The second-order valence-corrected chi connectivity index (χ2v) is 4.92. The molecule has 0 atom stereocenters. The molecule has 0 aromatic rings. The maximum atomic E-state index is 12.0. The van der Waals surface area contributed by atoms with Crippen molar-refractivity contribution < 1.29 is 14.3 Å². The van der Waals surface area contributed by atoms with Crippen LogP contribution in [0.5, 0.6) is 0 Å². The maximum absolute atomic E-state index is 12.0. The van der Waals surface area contributed by atoms with Crippen molar-refractivity contribution in [1.29, 1.82) is 0 Å². The van der Waals surface area contributed by atoms with Crippen LogP contribution in [0.1, 0.15) is 33.1 Å². The van der Waals surface area contributed by atoms with E-state index in [1.165, 1.54) is 0 Å². The van der Waals surface area contributed by atoms with E-state index in [-0.39, 0.29) is 5.97 Å². The Balaban J connectivity index is 2.42. The minimum atomic E-state index is -0.491. The zero-order chi connectivity index (χ0) is 12.0. The first-order valence-corrected chi connectivity index (χ1v) is 6.06. The predicted molar refractivity (Wildman–Crippen MR) is 62.0 cm³/mol. The van der Waals surface area contributed by atoms with Crippen LogP contribution in [-0.4, -0.2) is 32.3 Å². The Hall–Kier alpha value is -0.610. The number of esters is 1. The van der Waals surface area contributed by atoms with Crippen molar-refractivity contribution in [2.24, 2.45) is 17.1 Å². The number of rotatable bonds is 5. The molecule has 0 radical (unpaired) electrons. The van der Waals surface area contributed by atoms with Crippen LogP contribution in [0.2, 0.25) is 0 Å². The smallest absolute Gasteiger partial charge is 0.313 e. The summed E-state index contributed by atoms with van der Waals surface area (Å²) in [7, 11) is 0. The molecule has 0 amide bonds. The lowest BCUT2D eigenvalue weighted by atomic mass is 9.80. The maximum Gasteiger partial charge on any atom is 0.313 e. The quantitative estimate of drug-likeness (QED) is 0.722. The van der Waals surface area contributed by atoms with Gasteiger partial charge in [0.05, 0.1) is 12.0 Å². The molecule has 0 aliphatic carbocycles. The summed E-state index contributed by atoms with van der Waals surface area (Å²) in [6.45, 7) is 6.30. The number of hydrogen-bond acceptors (Lipinski definition) is 4. The van der Waals surface area contributed by atoms with Gasteiger partial charge in [-0.2, -0.15) is 0 Å². The van der Waals surface area contributed by atoms with Crippen LogP contribution in [0.3, 0.4) is 0 Å². The van der Waals surface area contributed by atoms with E-state index in [4.69, 9.17) is 15.2 Å². The summed E-state index contributed by atoms with van der Waals surface area (Å²) in [4.78, 5) is 12.0. The Morgan fingerprint density at radius 1 is 1.44 bits per heavy atom. The van der Waals surface area contributed by atoms with Gasteiger partial charge in [0.1, 0.15) is 0 Å². The SMILES string of the molecule is CC(C)CCOC(=O)C1(CN)CCOCC1. The molecule has 1 aliphatic rings. The number of nitrogens with two attached hydrogens (primary N) is 1. The van der Waals surface area contributed by atoms with Gasteiger partial charge >= 0.3 is 5.97 Å². The molecule has 1 fully saturated rings. The van der Waals surface area contributed by atoms with Gasteiger partial charge in [-0.15, -0.1) is 0 Å². The summed E-state index contributed by atoms with van der Waals surface area (Å²) >= 11 is 0. The van der Waals surface area contributed by atoms with Gasteiger partial charge in [-0.25, -0.2) is 0 Å². The van der Waals surface area contributed by atoms with E-state index in [1.807, 2.05) is 0 Å². The zero-order valence-electron chi connectivity index (χ0n) is 10.3. The van der Waals surface area contributed by atoms with Gasteiger partial charge in [0.15, 0.2) is 0 Å². The average molecular weight is 229 g/mol. The van der Waals surface area contributed by atoms with E-state index >= 15 is 0 Å². The first-order chi connectivity index (χ1) is 7.60. The summed E-state index contributed by atoms with van der Waals surface area (Å²) in [6, 6.07) is 0. The Kier molecular flexibility index (Phi) is 5.22. The molecule has 0 aromatic heterocycles. The molecule has 16 heavy (non-hydrogen) atoms. The monoisotopic (exact) mass is 229 g/mol. The fraction of sp³-hybridized carbons (Fsp3) is 0.917. The van der Waals surface area contributed by atoms with Crippen molar-refractivity contribution >= 4 is 5.97 Å². The number of ether oxygens (including phenoxy) is 2. The zero-order valence-corrected chi connectivity index (χ0v) is 10.3. The number of carbonyl (C=O) groups is 1. The predicted octanol–water partition coefficient (Wildman–Crippen LogP) is 1.33. The van der Waals surface area contributed by atoms with Crippen molar-refractivity contribution in [3.63, 3.8) is 0 Å². The molecule has 1 aliphatic heterocycles. The Morgan fingerprint density at radius 2 is 2.06 bits per heavy atom. The molecule has 0 saturated carbocycles. The Bertz CT molecular complexity index is 222. The lowest BCUT2D eigenvalue weighted by Gasteiger charge is -2.33. The van der Waals surface area contributed by atoms with Gasteiger partial charge in [0.25, 0.3) is 0 Å². The second kappa shape index (κ2) is 6.21. The van der Waals surface area contributed by atoms with Crippen LogP contribution >= 0.6 is 0 Å². The fourth-order valence-electron chi connectivity index (χ4n) is 1.79. The van der Waals surface area contributed by atoms with Gasteiger partial charge in [-0.1, -0.05) is 13.8 Å². The lowest BCUT2D eigenvalue weighted by Crippen LogP contribution is -2.44. The van der Waals surface area contributed by atoms with E-state index in [0.29, 0.717) is 45.1 Å². The average Bonchev–Trinajstić information content (AvgIpc) is 2.29. The Morgan fingerprint density at radius 3 is 2.56 bits per heavy atom. The van der Waals surface area contributed by atoms with Crippen LogP contribution in [-0.2, 0) is 14.3 Å². The van der Waals surface area contributed by atoms with Crippen molar-refractivity contribution in [1.82, 2.24) is 0 Å². The third-order valence-corrected chi connectivity index (χ3v) is 3.20. The molecule has 0 spiro atoms. The molecule has 1 saturated heterocycles. The second-order valence-electron chi connectivity index (χ2n) is 4.92. The normalized spacial score (nSPS) is 19.8. The van der Waals surface area contributed by atoms with E-state index in [2.05, 4.69) is 13.8 Å². The van der Waals surface area contributed by atoms with E-state index in [0.717, 1.165) is 6.42 Å².